The average Bonchev–Trinajstić information content (AvgIpc) is 2.46. The molecule has 1 unspecified atom stereocenters. The number of guanidine groups is 1. The number of nitrogens with one attached hydrogen (secondary N) is 1. The fourth-order valence-electron chi connectivity index (χ4n) is 2.78. The number of nitrogens with zero attached hydrogens (tertiary/aromatic N) is 2. The maximum absolute atomic E-state index is 14.5. The number of benzene rings is 1. The Labute approximate surface area is 130 Å². The van der Waals surface area contributed by atoms with Gasteiger partial charge in [-0.25, -0.2) is 9.38 Å². The van der Waals surface area contributed by atoms with E-state index >= 15 is 0 Å². The van der Waals surface area contributed by atoms with Crippen LogP contribution in [0.1, 0.15) is 33.3 Å². The van der Waals surface area contributed by atoms with E-state index in [0.717, 1.165) is 12.2 Å². The zero-order valence-electron chi connectivity index (χ0n) is 13.7. The Morgan fingerprint density at radius 1 is 1.36 bits per heavy atom. The van der Waals surface area contributed by atoms with E-state index in [9.17, 15) is 9.18 Å². The summed E-state index contributed by atoms with van der Waals surface area (Å²) in [6, 6.07) is 4.77. The van der Waals surface area contributed by atoms with E-state index in [1.165, 1.54) is 11.0 Å². The SMILES string of the molecule is CCNc1ccc(F)c(C2(C)N=C(N)N(C)C(=O)C2(C)C)c1. The topological polar surface area (TPSA) is 70.7 Å². The van der Waals surface area contributed by atoms with Gasteiger partial charge in [-0.05, 0) is 45.9 Å². The molecular formula is C16H23FN4O. The maximum Gasteiger partial charge on any atom is 0.237 e. The van der Waals surface area contributed by atoms with Crippen molar-refractivity contribution >= 4 is 17.6 Å². The molecule has 1 heterocycles. The normalized spacial score (nSPS) is 24.2. The van der Waals surface area contributed by atoms with E-state index in [1.54, 1.807) is 40.0 Å². The van der Waals surface area contributed by atoms with Crippen molar-refractivity contribution in [2.24, 2.45) is 16.1 Å². The van der Waals surface area contributed by atoms with E-state index < -0.39 is 16.8 Å². The lowest BCUT2D eigenvalue weighted by Gasteiger charge is -2.46. The molecule has 1 aliphatic rings. The van der Waals surface area contributed by atoms with Crippen molar-refractivity contribution in [3.05, 3.63) is 29.6 Å². The first-order valence-electron chi connectivity index (χ1n) is 7.32. The summed E-state index contributed by atoms with van der Waals surface area (Å²) in [5.74, 6) is -0.484. The number of hydrogen-bond donors (Lipinski definition) is 2. The van der Waals surface area contributed by atoms with E-state index in [4.69, 9.17) is 5.73 Å². The zero-order valence-corrected chi connectivity index (χ0v) is 13.7. The second kappa shape index (κ2) is 5.26. The summed E-state index contributed by atoms with van der Waals surface area (Å²) in [6.45, 7) is 7.96. The van der Waals surface area contributed by atoms with Gasteiger partial charge in [0, 0.05) is 24.8 Å². The predicted molar refractivity (Wildman–Crippen MR) is 86.1 cm³/mol. The minimum absolute atomic E-state index is 0.0973. The number of aliphatic imine (C=N–C) groups is 1. The van der Waals surface area contributed by atoms with Crippen molar-refractivity contribution in [3.63, 3.8) is 0 Å². The van der Waals surface area contributed by atoms with Crippen molar-refractivity contribution in [1.29, 1.82) is 0 Å². The number of hydrogen-bond acceptors (Lipinski definition) is 4. The van der Waals surface area contributed by atoms with Crippen LogP contribution < -0.4 is 11.1 Å². The summed E-state index contributed by atoms with van der Waals surface area (Å²) in [6.07, 6.45) is 0. The first kappa shape index (κ1) is 16.3. The molecule has 1 atom stereocenters. The molecule has 0 aromatic heterocycles. The number of halogens is 1. The van der Waals surface area contributed by atoms with Gasteiger partial charge in [-0.1, -0.05) is 0 Å². The van der Waals surface area contributed by atoms with Crippen molar-refractivity contribution in [2.45, 2.75) is 33.2 Å². The Balaban J connectivity index is 2.67. The summed E-state index contributed by atoms with van der Waals surface area (Å²) in [4.78, 5) is 18.4. The molecule has 0 aliphatic carbocycles. The van der Waals surface area contributed by atoms with Crippen LogP contribution in [0, 0.1) is 11.2 Å². The van der Waals surface area contributed by atoms with E-state index in [0.29, 0.717) is 5.56 Å². The summed E-state index contributed by atoms with van der Waals surface area (Å²) in [5, 5.41) is 3.15. The molecule has 0 spiro atoms. The van der Waals surface area contributed by atoms with Gasteiger partial charge in [0.2, 0.25) is 5.91 Å². The third-order valence-electron chi connectivity index (χ3n) is 4.61. The molecule has 2 rings (SSSR count). The lowest BCUT2D eigenvalue weighted by molar-refractivity contribution is -0.140. The Hall–Kier alpha value is -2.11. The van der Waals surface area contributed by atoms with Gasteiger partial charge in [0.05, 0.1) is 5.41 Å². The molecular weight excluding hydrogens is 283 g/mol. The Morgan fingerprint density at radius 2 is 2.00 bits per heavy atom. The monoisotopic (exact) mass is 306 g/mol. The lowest BCUT2D eigenvalue weighted by Crippen LogP contribution is -2.58. The van der Waals surface area contributed by atoms with Crippen molar-refractivity contribution in [2.75, 3.05) is 18.9 Å². The van der Waals surface area contributed by atoms with Crippen LogP contribution in [0.4, 0.5) is 10.1 Å². The van der Waals surface area contributed by atoms with Gasteiger partial charge < -0.3 is 11.1 Å². The molecule has 1 aromatic carbocycles. The number of anilines is 1. The van der Waals surface area contributed by atoms with Crippen molar-refractivity contribution in [1.82, 2.24) is 4.90 Å². The average molecular weight is 306 g/mol. The third kappa shape index (κ3) is 2.23. The largest absolute Gasteiger partial charge is 0.385 e. The standard InChI is InChI=1S/C16H23FN4O/c1-6-19-10-7-8-12(17)11(9-10)16(4)15(2,3)13(22)21(5)14(18)20-16/h7-9,19H,6H2,1-5H3,(H2,18,20). The van der Waals surface area contributed by atoms with Gasteiger partial charge >= 0.3 is 0 Å². The molecule has 0 bridgehead atoms. The van der Waals surface area contributed by atoms with Crippen LogP contribution in [0.25, 0.3) is 0 Å². The maximum atomic E-state index is 14.5. The van der Waals surface area contributed by atoms with E-state index in [2.05, 4.69) is 10.3 Å². The first-order valence-corrected chi connectivity index (χ1v) is 7.32. The number of carbonyl (C=O) groups is 1. The molecule has 5 nitrogen and oxygen atoms in total. The van der Waals surface area contributed by atoms with E-state index in [-0.39, 0.29) is 11.9 Å². The summed E-state index contributed by atoms with van der Waals surface area (Å²) < 4.78 is 14.5. The highest BCUT2D eigenvalue weighted by molar-refractivity contribution is 6.01. The molecule has 0 saturated carbocycles. The highest BCUT2D eigenvalue weighted by atomic mass is 19.1. The summed E-state index contributed by atoms with van der Waals surface area (Å²) in [7, 11) is 1.58. The molecule has 1 aromatic rings. The fourth-order valence-corrected chi connectivity index (χ4v) is 2.78. The van der Waals surface area contributed by atoms with Gasteiger partial charge in [0.25, 0.3) is 0 Å². The zero-order chi connectivity index (χ0) is 16.7. The van der Waals surface area contributed by atoms with Crippen LogP contribution in [0.5, 0.6) is 0 Å². The lowest BCUT2D eigenvalue weighted by atomic mass is 9.67. The van der Waals surface area contributed by atoms with Crippen LogP contribution in [0.2, 0.25) is 0 Å². The molecule has 1 amide bonds. The van der Waals surface area contributed by atoms with Gasteiger partial charge in [-0.3, -0.25) is 9.69 Å². The number of rotatable bonds is 3. The van der Waals surface area contributed by atoms with Gasteiger partial charge in [-0.2, -0.15) is 0 Å². The molecule has 6 heteroatoms. The summed E-state index contributed by atoms with van der Waals surface area (Å²) in [5.41, 5.74) is 5.02. The second-order valence-electron chi connectivity index (χ2n) is 6.26. The van der Waals surface area contributed by atoms with Crippen LogP contribution in [-0.2, 0) is 10.3 Å². The Kier molecular flexibility index (Phi) is 3.89. The molecule has 22 heavy (non-hydrogen) atoms. The van der Waals surface area contributed by atoms with Crippen molar-refractivity contribution < 1.29 is 9.18 Å². The molecule has 0 fully saturated rings. The molecule has 1 aliphatic heterocycles. The molecule has 0 saturated heterocycles. The van der Waals surface area contributed by atoms with E-state index in [1.807, 2.05) is 6.92 Å². The fraction of sp³-hybridized carbons (Fsp3) is 0.500. The highest BCUT2D eigenvalue weighted by Crippen LogP contribution is 2.47. The Morgan fingerprint density at radius 3 is 2.59 bits per heavy atom. The van der Waals surface area contributed by atoms with Gasteiger partial charge in [0.15, 0.2) is 5.96 Å². The summed E-state index contributed by atoms with van der Waals surface area (Å²) >= 11 is 0. The number of carbonyl (C=O) groups excluding carboxylic acids is 1. The van der Waals surface area contributed by atoms with Crippen LogP contribution >= 0.6 is 0 Å². The Bertz CT molecular complexity index is 641. The highest BCUT2D eigenvalue weighted by Gasteiger charge is 2.53. The van der Waals surface area contributed by atoms with Crippen LogP contribution in [0.3, 0.4) is 0 Å². The predicted octanol–water partition coefficient (Wildman–Crippen LogP) is 2.29. The third-order valence-corrected chi connectivity index (χ3v) is 4.61. The van der Waals surface area contributed by atoms with Gasteiger partial charge in [0.1, 0.15) is 11.4 Å². The number of nitrogens with two attached hydrogens (primary N) is 1. The number of amides is 1. The van der Waals surface area contributed by atoms with Crippen LogP contribution in [0.15, 0.2) is 23.2 Å². The van der Waals surface area contributed by atoms with Crippen molar-refractivity contribution in [3.8, 4) is 0 Å². The van der Waals surface area contributed by atoms with Gasteiger partial charge in [-0.15, -0.1) is 0 Å². The second-order valence-corrected chi connectivity index (χ2v) is 6.26. The minimum Gasteiger partial charge on any atom is -0.385 e. The minimum atomic E-state index is -1.07. The first-order chi connectivity index (χ1) is 10.1. The van der Waals surface area contributed by atoms with Crippen LogP contribution in [-0.4, -0.2) is 30.4 Å². The quantitative estimate of drug-likeness (QED) is 0.900. The molecule has 120 valence electrons. The molecule has 3 N–H and O–H groups in total. The molecule has 0 radical (unpaired) electrons. The smallest absolute Gasteiger partial charge is 0.237 e.